The van der Waals surface area contributed by atoms with E-state index in [0.717, 1.165) is 32.6 Å². The third-order valence-electron chi connectivity index (χ3n) is 3.72. The standard InChI is InChI=1S/C13H27NO2/c1-3-5-12(4-2)14-10-13(6-8-15)7-9-16-11-13/h12,14-15H,3-11H2,1-2H3. The summed E-state index contributed by atoms with van der Waals surface area (Å²) >= 11 is 0. The van der Waals surface area contributed by atoms with Crippen molar-refractivity contribution in [3.05, 3.63) is 0 Å². The van der Waals surface area contributed by atoms with Crippen LogP contribution in [-0.2, 0) is 4.74 Å². The zero-order valence-corrected chi connectivity index (χ0v) is 10.8. The smallest absolute Gasteiger partial charge is 0.0536 e. The van der Waals surface area contributed by atoms with Gasteiger partial charge in [0.05, 0.1) is 6.61 Å². The fraction of sp³-hybridized carbons (Fsp3) is 1.00. The second-order valence-corrected chi connectivity index (χ2v) is 5.05. The highest BCUT2D eigenvalue weighted by molar-refractivity contribution is 4.86. The van der Waals surface area contributed by atoms with Gasteiger partial charge in [-0.1, -0.05) is 20.3 Å². The minimum absolute atomic E-state index is 0.190. The van der Waals surface area contributed by atoms with E-state index in [-0.39, 0.29) is 12.0 Å². The number of aliphatic hydroxyl groups is 1. The van der Waals surface area contributed by atoms with Crippen LogP contribution < -0.4 is 5.32 Å². The van der Waals surface area contributed by atoms with Crippen molar-refractivity contribution in [1.82, 2.24) is 5.32 Å². The van der Waals surface area contributed by atoms with Gasteiger partial charge in [0.25, 0.3) is 0 Å². The minimum Gasteiger partial charge on any atom is -0.396 e. The maximum Gasteiger partial charge on any atom is 0.0536 e. The molecule has 0 aromatic carbocycles. The average molecular weight is 229 g/mol. The first-order valence-corrected chi connectivity index (χ1v) is 6.68. The molecule has 0 saturated carbocycles. The molecule has 1 saturated heterocycles. The number of hydrogen-bond acceptors (Lipinski definition) is 3. The second-order valence-electron chi connectivity index (χ2n) is 5.05. The molecule has 3 nitrogen and oxygen atoms in total. The average Bonchev–Trinajstić information content (AvgIpc) is 2.74. The van der Waals surface area contributed by atoms with Crippen molar-refractivity contribution in [2.24, 2.45) is 5.41 Å². The summed E-state index contributed by atoms with van der Waals surface area (Å²) in [4.78, 5) is 0. The van der Waals surface area contributed by atoms with Crippen LogP contribution in [0, 0.1) is 5.41 Å². The molecule has 0 amide bonds. The highest BCUT2D eigenvalue weighted by atomic mass is 16.5. The highest BCUT2D eigenvalue weighted by Gasteiger charge is 2.34. The maximum atomic E-state index is 9.13. The van der Waals surface area contributed by atoms with Gasteiger partial charge in [0.2, 0.25) is 0 Å². The van der Waals surface area contributed by atoms with E-state index in [4.69, 9.17) is 9.84 Å². The first kappa shape index (κ1) is 13.9. The number of ether oxygens (including phenoxy) is 1. The third kappa shape index (κ3) is 4.04. The molecular weight excluding hydrogens is 202 g/mol. The molecule has 3 heteroatoms. The summed E-state index contributed by atoms with van der Waals surface area (Å²) in [7, 11) is 0. The fourth-order valence-electron chi connectivity index (χ4n) is 2.47. The molecule has 0 aromatic heterocycles. The normalized spacial score (nSPS) is 27.2. The van der Waals surface area contributed by atoms with E-state index in [1.165, 1.54) is 19.3 Å². The van der Waals surface area contributed by atoms with Gasteiger partial charge in [-0.15, -0.1) is 0 Å². The molecule has 96 valence electrons. The number of nitrogens with one attached hydrogen (secondary N) is 1. The summed E-state index contributed by atoms with van der Waals surface area (Å²) in [6, 6.07) is 0.626. The molecular formula is C13H27NO2. The highest BCUT2D eigenvalue weighted by Crippen LogP contribution is 2.31. The van der Waals surface area contributed by atoms with Crippen LogP contribution in [0.25, 0.3) is 0 Å². The van der Waals surface area contributed by atoms with Crippen LogP contribution in [0.3, 0.4) is 0 Å². The third-order valence-corrected chi connectivity index (χ3v) is 3.72. The first-order valence-electron chi connectivity index (χ1n) is 6.68. The molecule has 16 heavy (non-hydrogen) atoms. The molecule has 1 fully saturated rings. The Labute approximate surface area is 99.6 Å². The quantitative estimate of drug-likeness (QED) is 0.668. The van der Waals surface area contributed by atoms with E-state index >= 15 is 0 Å². The molecule has 2 unspecified atom stereocenters. The Morgan fingerprint density at radius 2 is 2.25 bits per heavy atom. The Balaban J connectivity index is 2.36. The predicted molar refractivity (Wildman–Crippen MR) is 66.6 cm³/mol. The Morgan fingerprint density at radius 3 is 2.75 bits per heavy atom. The van der Waals surface area contributed by atoms with Gasteiger partial charge in [-0.2, -0.15) is 0 Å². The van der Waals surface area contributed by atoms with Crippen LogP contribution in [0.15, 0.2) is 0 Å². The summed E-state index contributed by atoms with van der Waals surface area (Å²) < 4.78 is 5.49. The predicted octanol–water partition coefficient (Wildman–Crippen LogP) is 1.94. The van der Waals surface area contributed by atoms with Crippen molar-refractivity contribution in [3.63, 3.8) is 0 Å². The minimum atomic E-state index is 0.190. The van der Waals surface area contributed by atoms with Gasteiger partial charge in [-0.25, -0.2) is 0 Å². The number of aliphatic hydroxyl groups excluding tert-OH is 1. The first-order chi connectivity index (χ1) is 7.76. The van der Waals surface area contributed by atoms with Gasteiger partial charge in [-0.3, -0.25) is 0 Å². The Hall–Kier alpha value is -0.120. The van der Waals surface area contributed by atoms with E-state index in [0.29, 0.717) is 6.04 Å². The number of hydrogen-bond donors (Lipinski definition) is 2. The molecule has 1 heterocycles. The second kappa shape index (κ2) is 7.25. The lowest BCUT2D eigenvalue weighted by molar-refractivity contribution is 0.121. The maximum absolute atomic E-state index is 9.13. The molecule has 1 aliphatic heterocycles. The van der Waals surface area contributed by atoms with Crippen molar-refractivity contribution in [2.45, 2.75) is 52.0 Å². The zero-order chi connectivity index (χ0) is 11.9. The molecule has 0 spiro atoms. The summed E-state index contributed by atoms with van der Waals surface area (Å²) in [5.74, 6) is 0. The SMILES string of the molecule is CCCC(CC)NCC1(CCO)CCOC1. The van der Waals surface area contributed by atoms with E-state index in [1.54, 1.807) is 0 Å². The summed E-state index contributed by atoms with van der Waals surface area (Å²) in [5.41, 5.74) is 0.190. The monoisotopic (exact) mass is 229 g/mol. The lowest BCUT2D eigenvalue weighted by atomic mass is 9.83. The summed E-state index contributed by atoms with van der Waals surface area (Å²) in [6.07, 6.45) is 5.61. The molecule has 0 bridgehead atoms. The van der Waals surface area contributed by atoms with Gasteiger partial charge in [0.1, 0.15) is 0 Å². The van der Waals surface area contributed by atoms with Gasteiger partial charge in [-0.05, 0) is 25.7 Å². The van der Waals surface area contributed by atoms with Crippen LogP contribution in [0.1, 0.15) is 46.0 Å². The van der Waals surface area contributed by atoms with E-state index in [2.05, 4.69) is 19.2 Å². The van der Waals surface area contributed by atoms with Gasteiger partial charge in [0, 0.05) is 31.2 Å². The van der Waals surface area contributed by atoms with E-state index < -0.39 is 0 Å². The lowest BCUT2D eigenvalue weighted by Crippen LogP contribution is -2.40. The van der Waals surface area contributed by atoms with Gasteiger partial charge < -0.3 is 15.2 Å². The summed E-state index contributed by atoms with van der Waals surface area (Å²) in [5, 5.41) is 12.8. The topological polar surface area (TPSA) is 41.5 Å². The van der Waals surface area contributed by atoms with Crippen molar-refractivity contribution in [1.29, 1.82) is 0 Å². The van der Waals surface area contributed by atoms with E-state index in [9.17, 15) is 0 Å². The van der Waals surface area contributed by atoms with Gasteiger partial charge in [0.15, 0.2) is 0 Å². The Bertz CT molecular complexity index is 179. The van der Waals surface area contributed by atoms with Crippen molar-refractivity contribution in [2.75, 3.05) is 26.4 Å². The van der Waals surface area contributed by atoms with Crippen LogP contribution >= 0.6 is 0 Å². The van der Waals surface area contributed by atoms with Crippen LogP contribution in [-0.4, -0.2) is 37.5 Å². The molecule has 1 aliphatic rings. The van der Waals surface area contributed by atoms with Gasteiger partial charge >= 0.3 is 0 Å². The molecule has 0 radical (unpaired) electrons. The zero-order valence-electron chi connectivity index (χ0n) is 10.8. The van der Waals surface area contributed by atoms with Crippen molar-refractivity contribution in [3.8, 4) is 0 Å². The molecule has 0 aromatic rings. The molecule has 0 aliphatic carbocycles. The van der Waals surface area contributed by atoms with Crippen molar-refractivity contribution >= 4 is 0 Å². The Morgan fingerprint density at radius 1 is 1.44 bits per heavy atom. The number of rotatable bonds is 8. The largest absolute Gasteiger partial charge is 0.396 e. The van der Waals surface area contributed by atoms with Crippen LogP contribution in [0.4, 0.5) is 0 Å². The fourth-order valence-corrected chi connectivity index (χ4v) is 2.47. The Kier molecular flexibility index (Phi) is 6.32. The van der Waals surface area contributed by atoms with E-state index in [1.807, 2.05) is 0 Å². The lowest BCUT2D eigenvalue weighted by Gasteiger charge is -2.29. The molecule has 1 rings (SSSR count). The molecule has 2 N–H and O–H groups in total. The van der Waals surface area contributed by atoms with Crippen molar-refractivity contribution < 1.29 is 9.84 Å². The van der Waals surface area contributed by atoms with Crippen LogP contribution in [0.2, 0.25) is 0 Å². The van der Waals surface area contributed by atoms with Crippen LogP contribution in [0.5, 0.6) is 0 Å². The summed E-state index contributed by atoms with van der Waals surface area (Å²) in [6.45, 7) is 7.39. The molecule has 2 atom stereocenters.